The van der Waals surface area contributed by atoms with Crippen molar-refractivity contribution < 1.29 is 4.79 Å². The SMILES string of the molecule is Nc1ccc(N)c(-c2cccc(C=O)c2)c1. The molecule has 0 heterocycles. The van der Waals surface area contributed by atoms with Crippen LogP contribution in [-0.2, 0) is 0 Å². The summed E-state index contributed by atoms with van der Waals surface area (Å²) in [5.41, 5.74) is 15.3. The molecule has 16 heavy (non-hydrogen) atoms. The molecule has 0 unspecified atom stereocenters. The van der Waals surface area contributed by atoms with Gasteiger partial charge in [0.1, 0.15) is 6.29 Å². The van der Waals surface area contributed by atoms with Crippen LogP contribution in [0.1, 0.15) is 10.4 Å². The summed E-state index contributed by atoms with van der Waals surface area (Å²) in [6, 6.07) is 12.6. The minimum Gasteiger partial charge on any atom is -0.399 e. The monoisotopic (exact) mass is 212 g/mol. The number of carbonyl (C=O) groups is 1. The first-order valence-corrected chi connectivity index (χ1v) is 4.91. The molecule has 0 saturated heterocycles. The van der Waals surface area contributed by atoms with Crippen molar-refractivity contribution in [1.82, 2.24) is 0 Å². The molecular weight excluding hydrogens is 200 g/mol. The molecule has 0 aromatic heterocycles. The number of anilines is 2. The van der Waals surface area contributed by atoms with Gasteiger partial charge in [0.25, 0.3) is 0 Å². The van der Waals surface area contributed by atoms with Gasteiger partial charge in [-0.25, -0.2) is 0 Å². The zero-order valence-electron chi connectivity index (χ0n) is 8.68. The third-order valence-corrected chi connectivity index (χ3v) is 2.41. The molecule has 0 aliphatic rings. The summed E-state index contributed by atoms with van der Waals surface area (Å²) in [5, 5.41) is 0. The van der Waals surface area contributed by atoms with Crippen LogP contribution in [0.15, 0.2) is 42.5 Å². The van der Waals surface area contributed by atoms with Gasteiger partial charge in [0.05, 0.1) is 0 Å². The van der Waals surface area contributed by atoms with Crippen LogP contribution < -0.4 is 11.5 Å². The van der Waals surface area contributed by atoms with Crippen molar-refractivity contribution in [1.29, 1.82) is 0 Å². The average Bonchev–Trinajstić information content (AvgIpc) is 2.32. The van der Waals surface area contributed by atoms with E-state index in [1.54, 1.807) is 30.3 Å². The molecule has 0 spiro atoms. The summed E-state index contributed by atoms with van der Waals surface area (Å²) in [7, 11) is 0. The highest BCUT2D eigenvalue weighted by atomic mass is 16.1. The van der Waals surface area contributed by atoms with Crippen LogP contribution in [-0.4, -0.2) is 6.29 Å². The van der Waals surface area contributed by atoms with Gasteiger partial charge in [-0.15, -0.1) is 0 Å². The second-order valence-corrected chi connectivity index (χ2v) is 3.59. The zero-order valence-corrected chi connectivity index (χ0v) is 8.68. The Labute approximate surface area is 93.7 Å². The average molecular weight is 212 g/mol. The Morgan fingerprint density at radius 3 is 2.56 bits per heavy atom. The minimum absolute atomic E-state index is 0.624. The number of nitrogen functional groups attached to an aromatic ring is 2. The van der Waals surface area contributed by atoms with Crippen molar-refractivity contribution in [3.63, 3.8) is 0 Å². The topological polar surface area (TPSA) is 69.1 Å². The number of nitrogens with two attached hydrogens (primary N) is 2. The molecule has 0 fully saturated rings. The van der Waals surface area contributed by atoms with Crippen LogP contribution in [0.4, 0.5) is 11.4 Å². The number of benzene rings is 2. The van der Waals surface area contributed by atoms with Gasteiger partial charge in [-0.1, -0.05) is 18.2 Å². The van der Waals surface area contributed by atoms with E-state index in [-0.39, 0.29) is 0 Å². The Morgan fingerprint density at radius 1 is 1.00 bits per heavy atom. The fourth-order valence-corrected chi connectivity index (χ4v) is 1.60. The van der Waals surface area contributed by atoms with Crippen LogP contribution in [0, 0.1) is 0 Å². The van der Waals surface area contributed by atoms with E-state index in [4.69, 9.17) is 11.5 Å². The molecule has 0 bridgehead atoms. The molecule has 0 aliphatic carbocycles. The molecule has 2 rings (SSSR count). The van der Waals surface area contributed by atoms with Crippen molar-refractivity contribution in [2.75, 3.05) is 11.5 Å². The molecule has 2 aromatic carbocycles. The molecule has 0 amide bonds. The van der Waals surface area contributed by atoms with Crippen molar-refractivity contribution in [3.05, 3.63) is 48.0 Å². The summed E-state index contributed by atoms with van der Waals surface area (Å²) in [6.45, 7) is 0. The minimum atomic E-state index is 0.624. The van der Waals surface area contributed by atoms with Gasteiger partial charge >= 0.3 is 0 Å². The van der Waals surface area contributed by atoms with Gasteiger partial charge in [-0.3, -0.25) is 4.79 Å². The van der Waals surface area contributed by atoms with Crippen molar-refractivity contribution >= 4 is 17.7 Å². The van der Waals surface area contributed by atoms with E-state index in [1.165, 1.54) is 0 Å². The number of carbonyl (C=O) groups excluding carboxylic acids is 1. The Bertz CT molecular complexity index is 535. The Hall–Kier alpha value is -2.29. The fourth-order valence-electron chi connectivity index (χ4n) is 1.60. The van der Waals surface area contributed by atoms with Crippen LogP contribution in [0.3, 0.4) is 0 Å². The summed E-state index contributed by atoms with van der Waals surface area (Å²) < 4.78 is 0. The van der Waals surface area contributed by atoms with Gasteiger partial charge in [0.15, 0.2) is 0 Å². The second kappa shape index (κ2) is 4.06. The summed E-state index contributed by atoms with van der Waals surface area (Å²) in [4.78, 5) is 10.7. The molecule has 80 valence electrons. The number of rotatable bonds is 2. The highest BCUT2D eigenvalue weighted by Crippen LogP contribution is 2.28. The Balaban J connectivity index is 2.57. The lowest BCUT2D eigenvalue weighted by Gasteiger charge is -2.07. The lowest BCUT2D eigenvalue weighted by molar-refractivity contribution is 0.112. The first-order chi connectivity index (χ1) is 7.70. The van der Waals surface area contributed by atoms with Crippen LogP contribution in [0.5, 0.6) is 0 Å². The zero-order chi connectivity index (χ0) is 11.5. The lowest BCUT2D eigenvalue weighted by Crippen LogP contribution is -1.93. The van der Waals surface area contributed by atoms with Crippen LogP contribution in [0.2, 0.25) is 0 Å². The van der Waals surface area contributed by atoms with E-state index in [0.29, 0.717) is 16.9 Å². The van der Waals surface area contributed by atoms with Crippen LogP contribution in [0.25, 0.3) is 11.1 Å². The summed E-state index contributed by atoms with van der Waals surface area (Å²) in [5.74, 6) is 0. The number of aldehydes is 1. The maximum atomic E-state index is 10.7. The normalized spacial score (nSPS) is 10.0. The van der Waals surface area contributed by atoms with E-state index in [0.717, 1.165) is 17.4 Å². The standard InChI is InChI=1S/C13H12N2O/c14-11-4-5-13(15)12(7-11)10-3-1-2-9(6-10)8-16/h1-8H,14-15H2. The second-order valence-electron chi connectivity index (χ2n) is 3.59. The molecule has 0 radical (unpaired) electrons. The fraction of sp³-hybridized carbons (Fsp3) is 0. The predicted octanol–water partition coefficient (Wildman–Crippen LogP) is 2.33. The third kappa shape index (κ3) is 1.88. The summed E-state index contributed by atoms with van der Waals surface area (Å²) in [6.07, 6.45) is 0.811. The van der Waals surface area contributed by atoms with Crippen molar-refractivity contribution in [2.24, 2.45) is 0 Å². The molecular formula is C13H12N2O. The Kier molecular flexibility index (Phi) is 2.60. The molecule has 4 N–H and O–H groups in total. The first-order valence-electron chi connectivity index (χ1n) is 4.91. The number of hydrogen-bond acceptors (Lipinski definition) is 3. The maximum absolute atomic E-state index is 10.7. The smallest absolute Gasteiger partial charge is 0.150 e. The van der Waals surface area contributed by atoms with Gasteiger partial charge in [0.2, 0.25) is 0 Å². The largest absolute Gasteiger partial charge is 0.399 e. The van der Waals surface area contributed by atoms with Crippen molar-refractivity contribution in [3.8, 4) is 11.1 Å². The van der Waals surface area contributed by atoms with E-state index in [2.05, 4.69) is 0 Å². The number of hydrogen-bond donors (Lipinski definition) is 2. The van der Waals surface area contributed by atoms with E-state index in [1.807, 2.05) is 12.1 Å². The van der Waals surface area contributed by atoms with Crippen molar-refractivity contribution in [2.45, 2.75) is 0 Å². The van der Waals surface area contributed by atoms with E-state index >= 15 is 0 Å². The predicted molar refractivity (Wildman–Crippen MR) is 66.1 cm³/mol. The third-order valence-electron chi connectivity index (χ3n) is 2.41. The Morgan fingerprint density at radius 2 is 1.81 bits per heavy atom. The molecule has 0 saturated carbocycles. The highest BCUT2D eigenvalue weighted by Gasteiger charge is 2.03. The summed E-state index contributed by atoms with van der Waals surface area (Å²) >= 11 is 0. The maximum Gasteiger partial charge on any atom is 0.150 e. The molecule has 3 nitrogen and oxygen atoms in total. The van der Waals surface area contributed by atoms with E-state index < -0.39 is 0 Å². The molecule has 3 heteroatoms. The molecule has 0 atom stereocenters. The highest BCUT2D eigenvalue weighted by molar-refractivity contribution is 5.83. The first kappa shape index (κ1) is 10.2. The van der Waals surface area contributed by atoms with Gasteiger partial charge in [-0.2, -0.15) is 0 Å². The van der Waals surface area contributed by atoms with E-state index in [9.17, 15) is 4.79 Å². The van der Waals surface area contributed by atoms with Gasteiger partial charge in [0, 0.05) is 22.5 Å². The van der Waals surface area contributed by atoms with Gasteiger partial charge < -0.3 is 11.5 Å². The molecule has 2 aromatic rings. The lowest BCUT2D eigenvalue weighted by atomic mass is 10.0. The van der Waals surface area contributed by atoms with Gasteiger partial charge in [-0.05, 0) is 29.8 Å². The molecule has 0 aliphatic heterocycles. The van der Waals surface area contributed by atoms with Crippen LogP contribution >= 0.6 is 0 Å². The quantitative estimate of drug-likeness (QED) is 0.593.